The zero-order valence-corrected chi connectivity index (χ0v) is 18.7. The van der Waals surface area contributed by atoms with Crippen LogP contribution in [0, 0.1) is 5.82 Å². The Hall–Kier alpha value is -2.25. The van der Waals surface area contributed by atoms with Crippen LogP contribution in [0.2, 0.25) is 0 Å². The van der Waals surface area contributed by atoms with Gasteiger partial charge in [0.25, 0.3) is 0 Å². The lowest BCUT2D eigenvalue weighted by atomic mass is 9.99. The molecule has 0 aromatic heterocycles. The highest BCUT2D eigenvalue weighted by molar-refractivity contribution is 5.66. The summed E-state index contributed by atoms with van der Waals surface area (Å²) < 4.78 is 18.9. The molecule has 6 heteroatoms. The Balaban J connectivity index is 1.19. The molecule has 0 aliphatic carbocycles. The number of rotatable bonds is 8. The normalized spacial score (nSPS) is 19.2. The van der Waals surface area contributed by atoms with Crippen LogP contribution in [0.4, 0.5) is 4.39 Å². The van der Waals surface area contributed by atoms with E-state index < -0.39 is 6.10 Å². The van der Waals surface area contributed by atoms with Crippen LogP contribution >= 0.6 is 0 Å². The maximum absolute atomic E-state index is 13.1. The summed E-state index contributed by atoms with van der Waals surface area (Å²) in [6.07, 6.45) is 3.72. The van der Waals surface area contributed by atoms with Gasteiger partial charge in [0.1, 0.15) is 24.3 Å². The van der Waals surface area contributed by atoms with Gasteiger partial charge in [0.2, 0.25) is 0 Å². The second-order valence-corrected chi connectivity index (χ2v) is 8.73. The molecular weight excluding hydrogens is 405 g/mol. The second kappa shape index (κ2) is 11.6. The van der Waals surface area contributed by atoms with Gasteiger partial charge in [-0.05, 0) is 66.9 Å². The van der Waals surface area contributed by atoms with Gasteiger partial charge in [-0.3, -0.25) is 9.80 Å². The van der Waals surface area contributed by atoms with Crippen LogP contribution < -0.4 is 10.1 Å². The average molecular weight is 440 g/mol. The van der Waals surface area contributed by atoms with Crippen LogP contribution in [-0.2, 0) is 6.54 Å². The van der Waals surface area contributed by atoms with Crippen molar-refractivity contribution in [1.29, 1.82) is 0 Å². The molecule has 0 spiro atoms. The Kier molecular flexibility index (Phi) is 8.29. The third kappa shape index (κ3) is 6.87. The predicted octanol–water partition coefficient (Wildman–Crippen LogP) is 3.15. The van der Waals surface area contributed by atoms with Crippen molar-refractivity contribution in [2.45, 2.75) is 25.5 Å². The van der Waals surface area contributed by atoms with Gasteiger partial charge in [-0.15, -0.1) is 0 Å². The summed E-state index contributed by atoms with van der Waals surface area (Å²) in [7, 11) is 0. The van der Waals surface area contributed by atoms with E-state index in [0.29, 0.717) is 6.54 Å². The maximum Gasteiger partial charge on any atom is 0.123 e. The number of ether oxygens (including phenoxy) is 1. The summed E-state index contributed by atoms with van der Waals surface area (Å²) in [5, 5.41) is 13.9. The fourth-order valence-electron chi connectivity index (χ4n) is 4.36. The summed E-state index contributed by atoms with van der Waals surface area (Å²) in [6.45, 7) is 7.86. The number of hydrogen-bond donors (Lipinski definition) is 2. The molecule has 0 radical (unpaired) electrons. The lowest BCUT2D eigenvalue weighted by Crippen LogP contribution is -2.38. The number of hydrogen-bond acceptors (Lipinski definition) is 5. The van der Waals surface area contributed by atoms with Gasteiger partial charge < -0.3 is 15.2 Å². The molecule has 2 aromatic carbocycles. The van der Waals surface area contributed by atoms with E-state index in [9.17, 15) is 9.50 Å². The minimum absolute atomic E-state index is 0.209. The summed E-state index contributed by atoms with van der Waals surface area (Å²) >= 11 is 0. The first-order valence-electron chi connectivity index (χ1n) is 11.7. The molecule has 4 rings (SSSR count). The van der Waals surface area contributed by atoms with Gasteiger partial charge in [0.15, 0.2) is 0 Å². The molecular formula is C26H34FN3O2. The zero-order chi connectivity index (χ0) is 22.2. The van der Waals surface area contributed by atoms with Crippen molar-refractivity contribution in [3.8, 4) is 5.75 Å². The molecule has 2 aliphatic rings. The van der Waals surface area contributed by atoms with Crippen LogP contribution in [0.1, 0.15) is 24.0 Å². The quantitative estimate of drug-likeness (QED) is 0.662. The van der Waals surface area contributed by atoms with E-state index in [4.69, 9.17) is 4.74 Å². The van der Waals surface area contributed by atoms with Gasteiger partial charge in [0, 0.05) is 39.3 Å². The van der Waals surface area contributed by atoms with Crippen LogP contribution in [0.15, 0.2) is 54.6 Å². The van der Waals surface area contributed by atoms with E-state index in [1.807, 2.05) is 24.3 Å². The molecule has 32 heavy (non-hydrogen) atoms. The van der Waals surface area contributed by atoms with Crippen molar-refractivity contribution in [3.63, 3.8) is 0 Å². The van der Waals surface area contributed by atoms with Crippen LogP contribution in [-0.4, -0.2) is 73.4 Å². The first kappa shape index (κ1) is 22.9. The second-order valence-electron chi connectivity index (χ2n) is 8.73. The summed E-state index contributed by atoms with van der Waals surface area (Å²) in [4.78, 5) is 4.70. The molecule has 5 nitrogen and oxygen atoms in total. The van der Waals surface area contributed by atoms with E-state index >= 15 is 0 Å². The minimum atomic E-state index is -0.542. The summed E-state index contributed by atoms with van der Waals surface area (Å²) in [5.74, 6) is 0.585. The Morgan fingerprint density at radius 1 is 0.969 bits per heavy atom. The highest BCUT2D eigenvalue weighted by Crippen LogP contribution is 2.22. The van der Waals surface area contributed by atoms with Crippen molar-refractivity contribution >= 4 is 5.57 Å². The first-order chi connectivity index (χ1) is 15.7. The summed E-state index contributed by atoms with van der Waals surface area (Å²) in [6, 6.07) is 14.9. The standard InChI is InChI=1S/C26H34FN3O2/c27-24-6-4-22(5-7-24)23-10-15-30(16-11-23)19-25(31)20-32-26-8-2-21(3-9-26)18-29-14-1-12-28-13-17-29/h2-10,25,28,31H,1,11-20H2. The molecule has 0 amide bonds. The van der Waals surface area contributed by atoms with Crippen molar-refractivity contribution in [1.82, 2.24) is 15.1 Å². The first-order valence-corrected chi connectivity index (χ1v) is 11.7. The van der Waals surface area contributed by atoms with Gasteiger partial charge in [-0.2, -0.15) is 0 Å². The lowest BCUT2D eigenvalue weighted by Gasteiger charge is -2.28. The molecule has 2 heterocycles. The largest absolute Gasteiger partial charge is 0.491 e. The van der Waals surface area contributed by atoms with Gasteiger partial charge >= 0.3 is 0 Å². The van der Waals surface area contributed by atoms with E-state index in [1.165, 1.54) is 29.7 Å². The van der Waals surface area contributed by atoms with Gasteiger partial charge in [0.05, 0.1) is 0 Å². The Labute approximate surface area is 190 Å². The molecule has 2 N–H and O–H groups in total. The monoisotopic (exact) mass is 439 g/mol. The number of halogens is 1. The number of nitrogens with zero attached hydrogens (tertiary/aromatic N) is 2. The molecule has 1 saturated heterocycles. The molecule has 1 unspecified atom stereocenters. The van der Waals surface area contributed by atoms with Crippen LogP contribution in [0.5, 0.6) is 5.75 Å². The fraction of sp³-hybridized carbons (Fsp3) is 0.462. The Morgan fingerprint density at radius 2 is 1.78 bits per heavy atom. The van der Waals surface area contributed by atoms with Crippen molar-refractivity contribution in [2.24, 2.45) is 0 Å². The molecule has 1 atom stereocenters. The Bertz CT molecular complexity index is 862. The van der Waals surface area contributed by atoms with Crippen molar-refractivity contribution in [2.75, 3.05) is 52.4 Å². The van der Waals surface area contributed by atoms with Crippen LogP contribution in [0.3, 0.4) is 0 Å². The van der Waals surface area contributed by atoms with E-state index in [0.717, 1.165) is 63.5 Å². The molecule has 0 saturated carbocycles. The van der Waals surface area contributed by atoms with Gasteiger partial charge in [-0.25, -0.2) is 4.39 Å². The molecule has 0 bridgehead atoms. The highest BCUT2D eigenvalue weighted by atomic mass is 19.1. The number of nitrogens with one attached hydrogen (secondary N) is 1. The smallest absolute Gasteiger partial charge is 0.123 e. The van der Waals surface area contributed by atoms with E-state index in [2.05, 4.69) is 33.3 Å². The molecule has 2 aliphatic heterocycles. The third-order valence-corrected chi connectivity index (χ3v) is 6.18. The minimum Gasteiger partial charge on any atom is -0.491 e. The molecule has 1 fully saturated rings. The SMILES string of the molecule is OC(COc1ccc(CN2CCCNCC2)cc1)CN1CC=C(c2ccc(F)cc2)CC1. The van der Waals surface area contributed by atoms with Crippen molar-refractivity contribution in [3.05, 3.63) is 71.6 Å². The van der Waals surface area contributed by atoms with E-state index in [-0.39, 0.29) is 12.4 Å². The number of benzene rings is 2. The van der Waals surface area contributed by atoms with Crippen molar-refractivity contribution < 1.29 is 14.2 Å². The van der Waals surface area contributed by atoms with E-state index in [1.54, 1.807) is 0 Å². The highest BCUT2D eigenvalue weighted by Gasteiger charge is 2.17. The lowest BCUT2D eigenvalue weighted by molar-refractivity contribution is 0.0717. The molecule has 172 valence electrons. The summed E-state index contributed by atoms with van der Waals surface area (Å²) in [5.41, 5.74) is 3.60. The zero-order valence-electron chi connectivity index (χ0n) is 18.7. The van der Waals surface area contributed by atoms with Crippen LogP contribution in [0.25, 0.3) is 5.57 Å². The maximum atomic E-state index is 13.1. The predicted molar refractivity (Wildman–Crippen MR) is 126 cm³/mol. The topological polar surface area (TPSA) is 48.0 Å². The molecule has 2 aromatic rings. The Morgan fingerprint density at radius 3 is 2.53 bits per heavy atom. The average Bonchev–Trinajstić information content (AvgIpc) is 3.08. The third-order valence-electron chi connectivity index (χ3n) is 6.18. The number of β-amino-alcohol motifs (C(OH)–C–C–N with tert-alkyl or cyclic N) is 1. The van der Waals surface area contributed by atoms with Gasteiger partial charge in [-0.1, -0.05) is 30.3 Å². The number of aliphatic hydroxyl groups excluding tert-OH is 1. The number of aliphatic hydroxyl groups is 1. The fourth-order valence-corrected chi connectivity index (χ4v) is 4.36.